The Hall–Kier alpha value is -3.71. The number of hydrogen-bond donors (Lipinski definition) is 0. The first-order valence-electron chi connectivity index (χ1n) is 9.18. The van der Waals surface area contributed by atoms with Gasteiger partial charge in [-0.3, -0.25) is 18.1 Å². The molecular formula is C20H18N6O3S. The first kappa shape index (κ1) is 19.6. The number of aryl methyl sites for hydroxylation is 1. The number of para-hydroxylation sites is 1. The summed E-state index contributed by atoms with van der Waals surface area (Å²) < 4.78 is 29.5. The van der Waals surface area contributed by atoms with Gasteiger partial charge in [-0.1, -0.05) is 18.2 Å². The van der Waals surface area contributed by atoms with E-state index in [0.717, 1.165) is 6.26 Å². The Morgan fingerprint density at radius 3 is 2.60 bits per heavy atom. The highest BCUT2D eigenvalue weighted by Crippen LogP contribution is 2.23. The van der Waals surface area contributed by atoms with E-state index < -0.39 is 10.0 Å². The van der Waals surface area contributed by atoms with Crippen LogP contribution in [0.1, 0.15) is 18.3 Å². The summed E-state index contributed by atoms with van der Waals surface area (Å²) in [7, 11) is -3.69. The zero-order valence-corrected chi connectivity index (χ0v) is 17.2. The fourth-order valence-corrected chi connectivity index (χ4v) is 4.31. The minimum Gasteiger partial charge on any atom is -0.277 e. The molecule has 0 radical (unpaired) electrons. The molecule has 30 heavy (non-hydrogen) atoms. The largest absolute Gasteiger partial charge is 0.277 e. The van der Waals surface area contributed by atoms with Crippen molar-refractivity contribution in [3.63, 3.8) is 0 Å². The summed E-state index contributed by atoms with van der Waals surface area (Å²) in [6.07, 6.45) is 1.09. The highest BCUT2D eigenvalue weighted by molar-refractivity contribution is 7.92. The molecule has 0 amide bonds. The Labute approximate surface area is 172 Å². The van der Waals surface area contributed by atoms with Crippen LogP contribution < -0.4 is 9.86 Å². The maximum Gasteiger partial charge on any atom is 0.262 e. The molecule has 152 valence electrons. The van der Waals surface area contributed by atoms with Crippen molar-refractivity contribution in [3.05, 3.63) is 70.3 Å². The second kappa shape index (κ2) is 7.27. The highest BCUT2D eigenvalue weighted by atomic mass is 32.2. The van der Waals surface area contributed by atoms with Crippen molar-refractivity contribution in [3.8, 4) is 6.07 Å². The fourth-order valence-electron chi connectivity index (χ4n) is 3.46. The molecule has 0 aliphatic heterocycles. The predicted molar refractivity (Wildman–Crippen MR) is 113 cm³/mol. The van der Waals surface area contributed by atoms with Crippen molar-refractivity contribution in [1.82, 2.24) is 19.2 Å². The number of nitrogens with zero attached hydrogens (tertiary/aromatic N) is 6. The minimum absolute atomic E-state index is 0.110. The Morgan fingerprint density at radius 1 is 1.13 bits per heavy atom. The van der Waals surface area contributed by atoms with Gasteiger partial charge in [0.15, 0.2) is 5.82 Å². The van der Waals surface area contributed by atoms with Gasteiger partial charge in [0.25, 0.3) is 5.56 Å². The zero-order chi connectivity index (χ0) is 21.5. The lowest BCUT2D eigenvalue weighted by Crippen LogP contribution is -2.30. The quantitative estimate of drug-likeness (QED) is 0.485. The van der Waals surface area contributed by atoms with E-state index in [4.69, 9.17) is 5.26 Å². The summed E-state index contributed by atoms with van der Waals surface area (Å²) >= 11 is 0. The van der Waals surface area contributed by atoms with Gasteiger partial charge in [0, 0.05) is 6.54 Å². The number of rotatable bonds is 5. The molecule has 4 rings (SSSR count). The highest BCUT2D eigenvalue weighted by Gasteiger charge is 2.23. The van der Waals surface area contributed by atoms with E-state index in [9.17, 15) is 13.2 Å². The molecule has 4 aromatic rings. The summed E-state index contributed by atoms with van der Waals surface area (Å²) in [6.45, 7) is 2.12. The van der Waals surface area contributed by atoms with Gasteiger partial charge in [-0.25, -0.2) is 8.42 Å². The van der Waals surface area contributed by atoms with Gasteiger partial charge in [-0.05, 0) is 37.3 Å². The fraction of sp³-hybridized carbons (Fsp3) is 0.200. The van der Waals surface area contributed by atoms with Gasteiger partial charge >= 0.3 is 0 Å². The van der Waals surface area contributed by atoms with Gasteiger partial charge in [0.05, 0.1) is 41.0 Å². The molecule has 0 fully saturated rings. The molecule has 0 atom stereocenters. The van der Waals surface area contributed by atoms with E-state index in [2.05, 4.69) is 10.2 Å². The van der Waals surface area contributed by atoms with E-state index in [1.807, 2.05) is 13.0 Å². The van der Waals surface area contributed by atoms with Crippen LogP contribution in [0, 0.1) is 11.3 Å². The lowest BCUT2D eigenvalue weighted by molar-refractivity contribution is 0.595. The molecule has 0 saturated carbocycles. The van der Waals surface area contributed by atoms with Crippen LogP contribution in [-0.2, 0) is 23.1 Å². The molecular weight excluding hydrogens is 404 g/mol. The molecule has 0 aliphatic rings. The van der Waals surface area contributed by atoms with Crippen LogP contribution in [0.4, 0.5) is 5.69 Å². The molecule has 10 heteroatoms. The van der Waals surface area contributed by atoms with Crippen LogP contribution in [0.2, 0.25) is 0 Å². The lowest BCUT2D eigenvalue weighted by Gasteiger charge is -2.22. The number of hydrogen-bond acceptors (Lipinski definition) is 6. The monoisotopic (exact) mass is 422 g/mol. The smallest absolute Gasteiger partial charge is 0.262 e. The van der Waals surface area contributed by atoms with E-state index in [-0.39, 0.29) is 12.1 Å². The van der Waals surface area contributed by atoms with Gasteiger partial charge < -0.3 is 0 Å². The Balaban J connectivity index is 1.96. The third kappa shape index (κ3) is 3.19. The molecule has 0 spiro atoms. The third-order valence-electron chi connectivity index (χ3n) is 4.84. The number of benzene rings is 2. The maximum atomic E-state index is 12.8. The van der Waals surface area contributed by atoms with Crippen LogP contribution in [0.5, 0.6) is 0 Å². The van der Waals surface area contributed by atoms with Gasteiger partial charge in [0.2, 0.25) is 15.8 Å². The van der Waals surface area contributed by atoms with Crippen molar-refractivity contribution < 1.29 is 8.42 Å². The van der Waals surface area contributed by atoms with Crippen LogP contribution in [0.15, 0.2) is 53.3 Å². The number of fused-ring (bicyclic) bond motifs is 3. The van der Waals surface area contributed by atoms with E-state index in [0.29, 0.717) is 40.3 Å². The molecule has 0 bridgehead atoms. The van der Waals surface area contributed by atoms with Gasteiger partial charge in [-0.2, -0.15) is 5.26 Å². The van der Waals surface area contributed by atoms with Gasteiger partial charge in [0.1, 0.15) is 0 Å². The number of anilines is 1. The second-order valence-electron chi connectivity index (χ2n) is 6.75. The van der Waals surface area contributed by atoms with Gasteiger partial charge in [-0.15, -0.1) is 10.2 Å². The van der Waals surface area contributed by atoms with Crippen molar-refractivity contribution in [2.45, 2.75) is 20.0 Å². The SMILES string of the molecule is CCn1c(=O)c2ccccc2n2c(CN(c3cccc(C#N)c3)S(C)(=O)=O)nnc12. The average Bonchev–Trinajstić information content (AvgIpc) is 3.15. The number of aromatic nitrogens is 4. The summed E-state index contributed by atoms with van der Waals surface area (Å²) in [6, 6.07) is 15.4. The molecule has 2 heterocycles. The molecule has 9 nitrogen and oxygen atoms in total. The summed E-state index contributed by atoms with van der Waals surface area (Å²) in [4.78, 5) is 12.8. The Kier molecular flexibility index (Phi) is 4.75. The standard InChI is InChI=1S/C20H18N6O3S/c1-3-24-19(27)16-9-4-5-10-17(16)26-18(22-23-20(24)26)13-25(30(2,28)29)15-8-6-7-14(11-15)12-21/h4-11H,3,13H2,1-2H3. The van der Waals surface area contributed by atoms with Crippen molar-refractivity contribution in [2.75, 3.05) is 10.6 Å². The Morgan fingerprint density at radius 2 is 1.90 bits per heavy atom. The molecule has 0 aliphatic carbocycles. The van der Waals surface area contributed by atoms with Crippen molar-refractivity contribution in [2.24, 2.45) is 0 Å². The van der Waals surface area contributed by atoms with Crippen LogP contribution in [0.25, 0.3) is 16.7 Å². The minimum atomic E-state index is -3.69. The topological polar surface area (TPSA) is 113 Å². The van der Waals surface area contributed by atoms with Crippen molar-refractivity contribution in [1.29, 1.82) is 5.26 Å². The maximum absolute atomic E-state index is 12.8. The lowest BCUT2D eigenvalue weighted by atomic mass is 10.2. The second-order valence-corrected chi connectivity index (χ2v) is 8.66. The molecule has 2 aromatic carbocycles. The molecule has 0 saturated heterocycles. The number of sulfonamides is 1. The average molecular weight is 422 g/mol. The first-order valence-corrected chi connectivity index (χ1v) is 11.0. The van der Waals surface area contributed by atoms with E-state index in [1.165, 1.54) is 14.9 Å². The summed E-state index contributed by atoms with van der Waals surface area (Å²) in [5.74, 6) is 0.701. The normalized spacial score (nSPS) is 11.6. The Bertz CT molecular complexity index is 1480. The van der Waals surface area contributed by atoms with E-state index >= 15 is 0 Å². The molecule has 0 unspecified atom stereocenters. The van der Waals surface area contributed by atoms with E-state index in [1.54, 1.807) is 46.9 Å². The van der Waals surface area contributed by atoms with Crippen LogP contribution in [-0.4, -0.2) is 33.8 Å². The number of nitriles is 1. The first-order chi connectivity index (χ1) is 14.3. The van der Waals surface area contributed by atoms with Crippen LogP contribution in [0.3, 0.4) is 0 Å². The summed E-state index contributed by atoms with van der Waals surface area (Å²) in [5, 5.41) is 18.0. The van der Waals surface area contributed by atoms with Crippen molar-refractivity contribution >= 4 is 32.4 Å². The molecule has 0 N–H and O–H groups in total. The van der Waals surface area contributed by atoms with Crippen LogP contribution >= 0.6 is 0 Å². The predicted octanol–water partition coefficient (Wildman–Crippen LogP) is 1.90. The third-order valence-corrected chi connectivity index (χ3v) is 5.98. The zero-order valence-electron chi connectivity index (χ0n) is 16.3. The molecule has 2 aromatic heterocycles. The summed E-state index contributed by atoms with van der Waals surface area (Å²) in [5.41, 5.74) is 1.11.